The molecule has 1 nitrogen and oxygen atoms in total. The standard InChI is InChI=1S/C15H18ClN/c1-2-3-4-5-6-10-17-11-9-13-12-14(16)7-8-15(13)17/h2,7-9,11-12H,1,3-6,10H2. The maximum Gasteiger partial charge on any atom is 0.0481 e. The molecule has 2 heteroatoms. The number of rotatable bonds is 6. The van der Waals surface area contributed by atoms with Gasteiger partial charge in [-0.2, -0.15) is 0 Å². The van der Waals surface area contributed by atoms with Gasteiger partial charge in [0.1, 0.15) is 0 Å². The SMILES string of the molecule is C=CCCCCCn1ccc2cc(Cl)ccc21. The number of hydrogen-bond donors (Lipinski definition) is 0. The zero-order valence-electron chi connectivity index (χ0n) is 10.0. The van der Waals surface area contributed by atoms with E-state index in [1.165, 1.54) is 30.2 Å². The first-order valence-electron chi connectivity index (χ1n) is 6.16. The van der Waals surface area contributed by atoms with E-state index in [4.69, 9.17) is 11.6 Å². The second kappa shape index (κ2) is 5.92. The van der Waals surface area contributed by atoms with E-state index in [9.17, 15) is 0 Å². The fraction of sp³-hybridized carbons (Fsp3) is 0.333. The van der Waals surface area contributed by atoms with Gasteiger partial charge in [-0.25, -0.2) is 0 Å². The van der Waals surface area contributed by atoms with Crippen LogP contribution in [0.1, 0.15) is 25.7 Å². The Labute approximate surface area is 108 Å². The fourth-order valence-electron chi connectivity index (χ4n) is 2.11. The van der Waals surface area contributed by atoms with Crippen LogP contribution in [0.15, 0.2) is 43.1 Å². The van der Waals surface area contributed by atoms with E-state index in [0.717, 1.165) is 18.0 Å². The number of aromatic nitrogens is 1. The highest BCUT2D eigenvalue weighted by molar-refractivity contribution is 6.31. The highest BCUT2D eigenvalue weighted by Gasteiger charge is 2.00. The molecule has 0 aliphatic heterocycles. The third-order valence-corrected chi connectivity index (χ3v) is 3.28. The van der Waals surface area contributed by atoms with Crippen LogP contribution in [0.3, 0.4) is 0 Å². The summed E-state index contributed by atoms with van der Waals surface area (Å²) in [7, 11) is 0. The molecule has 0 saturated carbocycles. The normalized spacial score (nSPS) is 10.9. The van der Waals surface area contributed by atoms with Gasteiger partial charge in [-0.3, -0.25) is 0 Å². The van der Waals surface area contributed by atoms with Gasteiger partial charge in [-0.1, -0.05) is 24.1 Å². The largest absolute Gasteiger partial charge is 0.347 e. The van der Waals surface area contributed by atoms with Crippen LogP contribution in [0.4, 0.5) is 0 Å². The summed E-state index contributed by atoms with van der Waals surface area (Å²) in [4.78, 5) is 0. The van der Waals surface area contributed by atoms with Crippen LogP contribution in [0.25, 0.3) is 10.9 Å². The maximum atomic E-state index is 5.97. The lowest BCUT2D eigenvalue weighted by Gasteiger charge is -2.05. The molecule has 0 spiro atoms. The van der Waals surface area contributed by atoms with Crippen molar-refractivity contribution in [2.45, 2.75) is 32.2 Å². The minimum Gasteiger partial charge on any atom is -0.347 e. The van der Waals surface area contributed by atoms with Gasteiger partial charge in [0.15, 0.2) is 0 Å². The van der Waals surface area contributed by atoms with E-state index in [1.807, 2.05) is 18.2 Å². The van der Waals surface area contributed by atoms with E-state index in [-0.39, 0.29) is 0 Å². The Morgan fingerprint density at radius 1 is 1.18 bits per heavy atom. The number of allylic oxidation sites excluding steroid dienone is 1. The summed E-state index contributed by atoms with van der Waals surface area (Å²) in [5.41, 5.74) is 1.28. The molecule has 1 heterocycles. The Morgan fingerprint density at radius 3 is 2.88 bits per heavy atom. The molecule has 0 unspecified atom stereocenters. The van der Waals surface area contributed by atoms with Crippen LogP contribution in [0, 0.1) is 0 Å². The molecule has 2 rings (SSSR count). The van der Waals surface area contributed by atoms with E-state index in [1.54, 1.807) is 0 Å². The highest BCUT2D eigenvalue weighted by Crippen LogP contribution is 2.21. The Balaban J connectivity index is 1.97. The highest BCUT2D eigenvalue weighted by atomic mass is 35.5. The van der Waals surface area contributed by atoms with Crippen molar-refractivity contribution in [1.82, 2.24) is 4.57 Å². The summed E-state index contributed by atoms with van der Waals surface area (Å²) in [6, 6.07) is 8.20. The average Bonchev–Trinajstić information content (AvgIpc) is 2.71. The molecule has 0 aliphatic rings. The first kappa shape index (κ1) is 12.3. The van der Waals surface area contributed by atoms with Gasteiger partial charge in [0.2, 0.25) is 0 Å². The number of hydrogen-bond acceptors (Lipinski definition) is 0. The minimum absolute atomic E-state index is 0.807. The third kappa shape index (κ3) is 3.13. The van der Waals surface area contributed by atoms with Crippen LogP contribution in [0.2, 0.25) is 5.02 Å². The molecule has 1 aromatic heterocycles. The number of nitrogens with zero attached hydrogens (tertiary/aromatic N) is 1. The quantitative estimate of drug-likeness (QED) is 0.498. The second-order valence-electron chi connectivity index (χ2n) is 4.35. The fourth-order valence-corrected chi connectivity index (χ4v) is 2.29. The molecule has 90 valence electrons. The molecule has 0 amide bonds. The summed E-state index contributed by atoms with van der Waals surface area (Å²) < 4.78 is 2.31. The zero-order chi connectivity index (χ0) is 12.1. The van der Waals surface area contributed by atoms with Gasteiger partial charge in [0, 0.05) is 28.7 Å². The molecular formula is C15H18ClN. The van der Waals surface area contributed by atoms with Crippen molar-refractivity contribution in [3.05, 3.63) is 48.1 Å². The number of benzene rings is 1. The molecule has 0 bridgehead atoms. The van der Waals surface area contributed by atoms with E-state index >= 15 is 0 Å². The molecule has 0 aliphatic carbocycles. The topological polar surface area (TPSA) is 4.93 Å². The zero-order valence-corrected chi connectivity index (χ0v) is 10.8. The van der Waals surface area contributed by atoms with Crippen molar-refractivity contribution in [3.8, 4) is 0 Å². The summed E-state index contributed by atoms with van der Waals surface area (Å²) in [5.74, 6) is 0. The van der Waals surface area contributed by atoms with E-state index < -0.39 is 0 Å². The van der Waals surface area contributed by atoms with Crippen LogP contribution in [-0.2, 0) is 6.54 Å². The Kier molecular flexibility index (Phi) is 4.27. The maximum absolute atomic E-state index is 5.97. The van der Waals surface area contributed by atoms with Gasteiger partial charge < -0.3 is 4.57 Å². The first-order valence-corrected chi connectivity index (χ1v) is 6.54. The van der Waals surface area contributed by atoms with Crippen molar-refractivity contribution in [2.24, 2.45) is 0 Å². The second-order valence-corrected chi connectivity index (χ2v) is 4.79. The molecule has 0 fully saturated rings. The Morgan fingerprint density at radius 2 is 2.06 bits per heavy atom. The van der Waals surface area contributed by atoms with Gasteiger partial charge in [0.25, 0.3) is 0 Å². The molecule has 0 radical (unpaired) electrons. The van der Waals surface area contributed by atoms with Gasteiger partial charge in [-0.05, 0) is 43.5 Å². The van der Waals surface area contributed by atoms with Gasteiger partial charge >= 0.3 is 0 Å². The lowest BCUT2D eigenvalue weighted by Crippen LogP contribution is -1.95. The van der Waals surface area contributed by atoms with E-state index in [0.29, 0.717) is 0 Å². The van der Waals surface area contributed by atoms with Crippen LogP contribution >= 0.6 is 11.6 Å². The van der Waals surface area contributed by atoms with Crippen molar-refractivity contribution < 1.29 is 0 Å². The minimum atomic E-state index is 0.807. The lowest BCUT2D eigenvalue weighted by atomic mass is 10.2. The molecule has 0 atom stereocenters. The number of unbranched alkanes of at least 4 members (excludes halogenated alkanes) is 3. The molecule has 0 N–H and O–H groups in total. The number of aryl methyl sites for hydroxylation is 1. The summed E-state index contributed by atoms with van der Waals surface area (Å²) in [6.45, 7) is 4.83. The smallest absolute Gasteiger partial charge is 0.0481 e. The van der Waals surface area contributed by atoms with Crippen molar-refractivity contribution >= 4 is 22.5 Å². The van der Waals surface area contributed by atoms with E-state index in [2.05, 4.69) is 29.5 Å². The first-order chi connectivity index (χ1) is 8.31. The van der Waals surface area contributed by atoms with Crippen LogP contribution < -0.4 is 0 Å². The number of halogens is 1. The van der Waals surface area contributed by atoms with Crippen molar-refractivity contribution in [3.63, 3.8) is 0 Å². The summed E-state index contributed by atoms with van der Waals surface area (Å²) in [6.07, 6.45) is 9.00. The summed E-state index contributed by atoms with van der Waals surface area (Å²) in [5, 5.41) is 2.03. The Hall–Kier alpha value is -1.21. The van der Waals surface area contributed by atoms with Gasteiger partial charge in [0.05, 0.1) is 0 Å². The predicted molar refractivity (Wildman–Crippen MR) is 75.6 cm³/mol. The predicted octanol–water partition coefficient (Wildman–Crippen LogP) is 5.04. The third-order valence-electron chi connectivity index (χ3n) is 3.04. The van der Waals surface area contributed by atoms with Crippen LogP contribution in [-0.4, -0.2) is 4.57 Å². The van der Waals surface area contributed by atoms with Gasteiger partial charge in [-0.15, -0.1) is 6.58 Å². The van der Waals surface area contributed by atoms with Crippen molar-refractivity contribution in [2.75, 3.05) is 0 Å². The molecular weight excluding hydrogens is 230 g/mol. The monoisotopic (exact) mass is 247 g/mol. The molecule has 1 aromatic carbocycles. The van der Waals surface area contributed by atoms with Crippen LogP contribution in [0.5, 0.6) is 0 Å². The molecule has 17 heavy (non-hydrogen) atoms. The van der Waals surface area contributed by atoms with Crippen molar-refractivity contribution in [1.29, 1.82) is 0 Å². The molecule has 0 saturated heterocycles. The Bertz CT molecular complexity index is 499. The lowest BCUT2D eigenvalue weighted by molar-refractivity contribution is 0.603. The average molecular weight is 248 g/mol. The molecule has 2 aromatic rings. The summed E-state index contributed by atoms with van der Waals surface area (Å²) >= 11 is 5.97. The number of fused-ring (bicyclic) bond motifs is 1.